The molecule has 1 aliphatic heterocycles. The van der Waals surface area contributed by atoms with E-state index in [0.29, 0.717) is 20.3 Å². The second kappa shape index (κ2) is 24.9. The van der Waals surface area contributed by atoms with E-state index < -0.39 is 11.7 Å². The van der Waals surface area contributed by atoms with E-state index in [4.69, 9.17) is 11.3 Å². The number of nitrogens with zero attached hydrogens (tertiary/aromatic N) is 5. The number of allylic oxidation sites excluding steroid dienone is 2. The van der Waals surface area contributed by atoms with E-state index in [0.717, 1.165) is 135 Å². The molecule has 0 unspecified atom stereocenters. The minimum Gasteiger partial charge on any atom is -0.486 e. The van der Waals surface area contributed by atoms with Crippen LogP contribution in [0.4, 0.5) is 11.4 Å². The van der Waals surface area contributed by atoms with Crippen LogP contribution in [0.25, 0.3) is 40.6 Å². The summed E-state index contributed by atoms with van der Waals surface area (Å²) in [6.07, 6.45) is 21.9. The number of anilines is 2. The van der Waals surface area contributed by atoms with Crippen LogP contribution in [0, 0.1) is 17.9 Å². The van der Waals surface area contributed by atoms with Gasteiger partial charge in [0.2, 0.25) is 5.76 Å². The number of carbonyl (C=O) groups is 2. The van der Waals surface area contributed by atoms with Crippen LogP contribution < -0.4 is 34.4 Å². The van der Waals surface area contributed by atoms with E-state index in [2.05, 4.69) is 79.1 Å². The summed E-state index contributed by atoms with van der Waals surface area (Å²) in [5.41, 5.74) is 7.96. The lowest BCUT2D eigenvalue weighted by Crippen LogP contribution is -2.32. The number of hydrogen-bond donors (Lipinski definition) is 1. The van der Waals surface area contributed by atoms with Gasteiger partial charge in [0.15, 0.2) is 4.66 Å². The molecular weight excluding hydrogens is 855 g/mol. The number of carboxylic acid groups (broad SMARTS) is 1. The Hall–Kier alpha value is -6.02. The summed E-state index contributed by atoms with van der Waals surface area (Å²) in [7, 11) is 0. The number of thiazole rings is 2. The predicted octanol–water partition coefficient (Wildman–Crippen LogP) is 8.80. The fourth-order valence-corrected chi connectivity index (χ4v) is 10.6. The molecule has 0 saturated heterocycles. The monoisotopic (exact) mass is 915 g/mol. The number of rotatable bonds is 22. The van der Waals surface area contributed by atoms with E-state index in [1.165, 1.54) is 38.1 Å². The number of ether oxygens (including phenoxy) is 1. The standard InChI is InChI=1S/C52H61N5O6S2/c1-7-12-15-18-27-57-42-25-21-38(28-36(19-16-13-8-2)32-45-48(59)55(10-4)50(64-45)44(34-53)63-35-58)30-40(42)23-24-41-31-39(22-26-43(41)57)29-37(20-17-14-9-3)33-46-49(60)56(11-5)51(65-46)47(54-6)52(61)62/h21-22,25-26,28-33,35H,7-20,23-24,27H2,1-5H3,(H,61,62)/b36-28-,37-29-,45-32+,46-33+,50-44-,51-47+. The molecular formula is C52H61N5O6S2. The van der Waals surface area contributed by atoms with Gasteiger partial charge in [-0.05, 0) is 129 Å². The molecule has 0 bridgehead atoms. The Morgan fingerprint density at radius 1 is 0.769 bits per heavy atom. The van der Waals surface area contributed by atoms with Crippen LogP contribution in [0.3, 0.4) is 0 Å². The minimum atomic E-state index is -1.34. The van der Waals surface area contributed by atoms with E-state index >= 15 is 0 Å². The van der Waals surface area contributed by atoms with Gasteiger partial charge in [-0.25, -0.2) is 4.85 Å². The lowest BCUT2D eigenvalue weighted by molar-refractivity contribution is -0.130. The van der Waals surface area contributed by atoms with Crippen molar-refractivity contribution in [2.75, 3.05) is 11.4 Å². The summed E-state index contributed by atoms with van der Waals surface area (Å²) in [6.45, 7) is 19.3. The Balaban J connectivity index is 1.60. The third-order valence-electron chi connectivity index (χ3n) is 11.6. The molecule has 3 heterocycles. The zero-order valence-electron chi connectivity index (χ0n) is 38.4. The molecule has 65 heavy (non-hydrogen) atoms. The minimum absolute atomic E-state index is 0.168. The first-order valence-electron chi connectivity index (χ1n) is 23.0. The largest absolute Gasteiger partial charge is 0.486 e. The second-order valence-corrected chi connectivity index (χ2v) is 18.3. The molecule has 13 heteroatoms. The predicted molar refractivity (Wildman–Crippen MR) is 265 cm³/mol. The molecule has 0 atom stereocenters. The van der Waals surface area contributed by atoms with E-state index in [1.807, 2.05) is 25.1 Å². The van der Waals surface area contributed by atoms with E-state index in [1.54, 1.807) is 6.92 Å². The zero-order valence-corrected chi connectivity index (χ0v) is 40.0. The Kier molecular flexibility index (Phi) is 19.1. The Morgan fingerprint density at radius 2 is 1.26 bits per heavy atom. The van der Waals surface area contributed by atoms with Crippen molar-refractivity contribution in [3.8, 4) is 6.07 Å². The highest BCUT2D eigenvalue weighted by atomic mass is 32.1. The summed E-state index contributed by atoms with van der Waals surface area (Å²) in [4.78, 5) is 55.9. The molecule has 11 nitrogen and oxygen atoms in total. The maximum Gasteiger partial charge on any atom is 0.336 e. The molecule has 342 valence electrons. The van der Waals surface area contributed by atoms with Gasteiger partial charge in [-0.1, -0.05) is 90.0 Å². The fraction of sp³-hybridized carbons (Fsp3) is 0.423. The molecule has 4 aromatic rings. The molecule has 2 aromatic carbocycles. The lowest BCUT2D eigenvalue weighted by Gasteiger charge is -2.27. The Bertz CT molecular complexity index is 2880. The molecule has 0 spiro atoms. The topological polar surface area (TPSA) is 139 Å². The summed E-state index contributed by atoms with van der Waals surface area (Å²) >= 11 is 2.22. The average molecular weight is 916 g/mol. The molecule has 0 radical (unpaired) electrons. The van der Waals surface area contributed by atoms with Gasteiger partial charge in [0.1, 0.15) is 10.7 Å². The number of fused-ring (bicyclic) bond motifs is 2. The quantitative estimate of drug-likeness (QED) is 0.0469. The highest BCUT2D eigenvalue weighted by Crippen LogP contribution is 2.38. The summed E-state index contributed by atoms with van der Waals surface area (Å²) < 4.78 is 9.19. The van der Waals surface area contributed by atoms with Gasteiger partial charge in [-0.15, -0.1) is 22.7 Å². The van der Waals surface area contributed by atoms with Gasteiger partial charge in [0.25, 0.3) is 17.6 Å². The van der Waals surface area contributed by atoms with Gasteiger partial charge in [0.05, 0.1) is 15.6 Å². The number of carboxylic acids is 1. The summed E-state index contributed by atoms with van der Waals surface area (Å²) in [5.74, 6) is -1.53. The number of nitriles is 1. The first kappa shape index (κ1) is 50.0. The third kappa shape index (κ3) is 12.6. The summed E-state index contributed by atoms with van der Waals surface area (Å²) in [5, 5.41) is 19.4. The average Bonchev–Trinajstić information content (AvgIpc) is 3.72. The molecule has 5 rings (SSSR count). The maximum absolute atomic E-state index is 13.6. The normalized spacial score (nSPS) is 14.3. The van der Waals surface area contributed by atoms with Crippen molar-refractivity contribution >= 4 is 82.3 Å². The van der Waals surface area contributed by atoms with Crippen molar-refractivity contribution in [2.24, 2.45) is 0 Å². The lowest BCUT2D eigenvalue weighted by atomic mass is 9.98. The molecule has 0 saturated carbocycles. The van der Waals surface area contributed by atoms with Crippen LogP contribution in [0.2, 0.25) is 0 Å². The van der Waals surface area contributed by atoms with Crippen LogP contribution >= 0.6 is 22.7 Å². The first-order chi connectivity index (χ1) is 31.5. The van der Waals surface area contributed by atoms with Crippen molar-refractivity contribution < 1.29 is 19.4 Å². The Labute approximate surface area is 389 Å². The zero-order chi connectivity index (χ0) is 46.9. The van der Waals surface area contributed by atoms with Gasteiger partial charge < -0.3 is 19.3 Å². The van der Waals surface area contributed by atoms with Gasteiger partial charge in [0, 0.05) is 31.0 Å². The number of aliphatic carboxylic acids is 1. The van der Waals surface area contributed by atoms with Crippen LogP contribution in [0.1, 0.15) is 134 Å². The molecule has 1 N–H and O–H groups in total. The molecule has 2 aromatic heterocycles. The smallest absolute Gasteiger partial charge is 0.336 e. The first-order valence-corrected chi connectivity index (χ1v) is 24.7. The van der Waals surface area contributed by atoms with Crippen LogP contribution in [0.5, 0.6) is 0 Å². The molecule has 0 fully saturated rings. The van der Waals surface area contributed by atoms with Crippen molar-refractivity contribution in [1.29, 1.82) is 5.26 Å². The molecule has 0 amide bonds. The number of unbranched alkanes of at least 4 members (excludes halogenated alkanes) is 7. The van der Waals surface area contributed by atoms with E-state index in [9.17, 15) is 29.5 Å². The highest BCUT2D eigenvalue weighted by molar-refractivity contribution is 7.07. The third-order valence-corrected chi connectivity index (χ3v) is 13.8. The number of hydrogen-bond acceptors (Lipinski definition) is 9. The molecule has 0 aliphatic carbocycles. The number of carbonyl (C=O) groups excluding carboxylic acids is 1. The SMILES string of the molecule is [C-]#[N+]/C(C(=O)O)=c1/s/c(=C/C(=C\c2ccc3c(c2)CCc2cc(/C=C(\C=c4\s/c(=C(/C#N)OC=O)n(CC)c4=O)CCCCC)ccc2N3CCCCCC)CCCCC)c(=O)n1CC. The van der Waals surface area contributed by atoms with Gasteiger partial charge in [-0.2, -0.15) is 5.26 Å². The number of aryl methyl sites for hydroxylation is 2. The van der Waals surface area contributed by atoms with Crippen LogP contribution in [0.15, 0.2) is 57.1 Å². The van der Waals surface area contributed by atoms with Gasteiger partial charge >= 0.3 is 11.7 Å². The number of benzene rings is 2. The van der Waals surface area contributed by atoms with E-state index in [-0.39, 0.29) is 34.6 Å². The fourth-order valence-electron chi connectivity index (χ4n) is 8.27. The van der Waals surface area contributed by atoms with Crippen LogP contribution in [-0.4, -0.2) is 33.2 Å². The van der Waals surface area contributed by atoms with Crippen molar-refractivity contribution in [3.63, 3.8) is 0 Å². The highest BCUT2D eigenvalue weighted by Gasteiger charge is 2.22. The van der Waals surface area contributed by atoms with Gasteiger partial charge in [-0.3, -0.25) is 23.7 Å². The molecule has 1 aliphatic rings. The van der Waals surface area contributed by atoms with Crippen molar-refractivity contribution in [3.05, 3.63) is 120 Å². The maximum atomic E-state index is 13.6. The van der Waals surface area contributed by atoms with Crippen LogP contribution in [-0.2, 0) is 40.3 Å². The van der Waals surface area contributed by atoms with Crippen molar-refractivity contribution in [1.82, 2.24) is 9.13 Å². The second-order valence-electron chi connectivity index (χ2n) is 16.2. The summed E-state index contributed by atoms with van der Waals surface area (Å²) in [6, 6.07) is 15.2. The Morgan fingerprint density at radius 3 is 1.71 bits per heavy atom. The van der Waals surface area contributed by atoms with Crippen molar-refractivity contribution in [2.45, 2.75) is 138 Å². The number of aromatic nitrogens is 2.